The third-order valence-electron chi connectivity index (χ3n) is 5.41. The lowest BCUT2D eigenvalue weighted by Crippen LogP contribution is -2.24. The van der Waals surface area contributed by atoms with E-state index in [1.54, 1.807) is 36.8 Å². The van der Waals surface area contributed by atoms with Gasteiger partial charge in [-0.3, -0.25) is 9.59 Å². The number of anilines is 1. The molecule has 1 aliphatic rings. The fourth-order valence-corrected chi connectivity index (χ4v) is 3.72. The number of aryl methyl sites for hydroxylation is 1. The summed E-state index contributed by atoms with van der Waals surface area (Å²) < 4.78 is 7.86. The lowest BCUT2D eigenvalue weighted by Gasteiger charge is -2.09. The van der Waals surface area contributed by atoms with Crippen molar-refractivity contribution in [1.29, 1.82) is 0 Å². The molecule has 7 nitrogen and oxygen atoms in total. The molecule has 2 aromatic carbocycles. The molecule has 0 atom stereocenters. The van der Waals surface area contributed by atoms with Crippen LogP contribution >= 0.6 is 0 Å². The van der Waals surface area contributed by atoms with Crippen molar-refractivity contribution in [3.8, 4) is 11.3 Å². The first-order chi connectivity index (χ1) is 15.6. The number of aromatic nitrogens is 2. The van der Waals surface area contributed by atoms with Gasteiger partial charge in [0.1, 0.15) is 11.5 Å². The minimum Gasteiger partial charge on any atom is -0.457 e. The minimum absolute atomic E-state index is 0.168. The van der Waals surface area contributed by atoms with Crippen LogP contribution in [0.3, 0.4) is 0 Å². The van der Waals surface area contributed by atoms with E-state index in [9.17, 15) is 9.59 Å². The molecule has 0 radical (unpaired) electrons. The van der Waals surface area contributed by atoms with Gasteiger partial charge in [-0.1, -0.05) is 36.4 Å². The van der Waals surface area contributed by atoms with Crippen molar-refractivity contribution in [1.82, 2.24) is 14.9 Å². The Labute approximate surface area is 184 Å². The van der Waals surface area contributed by atoms with Gasteiger partial charge >= 0.3 is 0 Å². The second-order valence-corrected chi connectivity index (χ2v) is 7.48. The van der Waals surface area contributed by atoms with Crippen molar-refractivity contribution in [3.05, 3.63) is 95.8 Å². The first-order valence-corrected chi connectivity index (χ1v) is 10.2. The number of hydrogen-bond acceptors (Lipinski definition) is 4. The van der Waals surface area contributed by atoms with E-state index in [0.717, 1.165) is 16.9 Å². The summed E-state index contributed by atoms with van der Waals surface area (Å²) in [5.74, 6) is 0.711. The van der Waals surface area contributed by atoms with Crippen LogP contribution in [0.5, 0.6) is 0 Å². The number of amides is 2. The zero-order valence-corrected chi connectivity index (χ0v) is 17.3. The first-order valence-electron chi connectivity index (χ1n) is 10.2. The largest absolute Gasteiger partial charge is 0.457 e. The second kappa shape index (κ2) is 8.03. The molecule has 0 spiro atoms. The summed E-state index contributed by atoms with van der Waals surface area (Å²) in [5, 5.41) is 5.78. The summed E-state index contributed by atoms with van der Waals surface area (Å²) in [4.78, 5) is 29.3. The predicted molar refractivity (Wildman–Crippen MR) is 121 cm³/mol. The van der Waals surface area contributed by atoms with Crippen molar-refractivity contribution in [2.24, 2.45) is 7.05 Å². The fourth-order valence-electron chi connectivity index (χ4n) is 3.72. The molecule has 0 saturated carbocycles. The standard InChI is InChI=1S/C25H20N4O3/c1-29-15-26-13-16(29)14-27-24(30)20-8-3-2-7-19(20)23-11-10-17(32-23)12-21-18-6-4-5-9-22(18)28-25(21)31/h2-13,15H,14H2,1H3,(H,27,30)(H,28,31)/b21-12+. The fraction of sp³-hybridized carbons (Fsp3) is 0.0800. The quantitative estimate of drug-likeness (QED) is 0.472. The molecular formula is C25H20N4O3. The van der Waals surface area contributed by atoms with Gasteiger partial charge in [0.05, 0.1) is 29.7 Å². The highest BCUT2D eigenvalue weighted by molar-refractivity contribution is 6.34. The van der Waals surface area contributed by atoms with Crippen molar-refractivity contribution < 1.29 is 14.0 Å². The molecule has 0 bridgehead atoms. The highest BCUT2D eigenvalue weighted by Gasteiger charge is 2.24. The lowest BCUT2D eigenvalue weighted by atomic mass is 10.0. The molecule has 0 fully saturated rings. The van der Waals surface area contributed by atoms with Crippen molar-refractivity contribution in [2.75, 3.05) is 5.32 Å². The minimum atomic E-state index is -0.206. The van der Waals surface area contributed by atoms with E-state index in [0.29, 0.717) is 34.8 Å². The van der Waals surface area contributed by atoms with Gasteiger partial charge in [-0.15, -0.1) is 0 Å². The van der Waals surface area contributed by atoms with E-state index < -0.39 is 0 Å². The Kier molecular flexibility index (Phi) is 4.91. The number of nitrogens with zero attached hydrogens (tertiary/aromatic N) is 2. The summed E-state index contributed by atoms with van der Waals surface area (Å²) in [6.07, 6.45) is 5.13. The molecule has 2 aromatic heterocycles. The molecule has 0 unspecified atom stereocenters. The Hall–Kier alpha value is -4.39. The maximum Gasteiger partial charge on any atom is 0.256 e. The molecule has 0 aliphatic carbocycles. The van der Waals surface area contributed by atoms with Gasteiger partial charge in [0.2, 0.25) is 0 Å². The maximum absolute atomic E-state index is 12.9. The second-order valence-electron chi connectivity index (χ2n) is 7.48. The average molecular weight is 424 g/mol. The zero-order valence-electron chi connectivity index (χ0n) is 17.3. The van der Waals surface area contributed by atoms with Crippen molar-refractivity contribution >= 4 is 29.2 Å². The molecule has 4 aromatic rings. The molecular weight excluding hydrogens is 404 g/mol. The van der Waals surface area contributed by atoms with Crippen LogP contribution in [0, 0.1) is 0 Å². The van der Waals surface area contributed by atoms with E-state index in [1.165, 1.54) is 0 Å². The monoisotopic (exact) mass is 424 g/mol. The van der Waals surface area contributed by atoms with Crippen LogP contribution in [0.1, 0.15) is 27.4 Å². The SMILES string of the molecule is Cn1cncc1CNC(=O)c1ccccc1-c1ccc(/C=C2/C(=O)Nc3ccccc32)o1. The first kappa shape index (κ1) is 19.6. The van der Waals surface area contributed by atoms with Gasteiger partial charge < -0.3 is 19.6 Å². The molecule has 2 amide bonds. The number of nitrogens with one attached hydrogen (secondary N) is 2. The number of fused-ring (bicyclic) bond motifs is 1. The molecule has 32 heavy (non-hydrogen) atoms. The highest BCUT2D eigenvalue weighted by atomic mass is 16.3. The Morgan fingerprint density at radius 1 is 1.09 bits per heavy atom. The van der Waals surface area contributed by atoms with E-state index in [-0.39, 0.29) is 11.8 Å². The molecule has 2 N–H and O–H groups in total. The van der Waals surface area contributed by atoms with Crippen LogP contribution in [0.4, 0.5) is 5.69 Å². The van der Waals surface area contributed by atoms with E-state index in [4.69, 9.17) is 4.42 Å². The molecule has 7 heteroatoms. The number of hydrogen-bond donors (Lipinski definition) is 2. The third kappa shape index (κ3) is 3.60. The van der Waals surface area contributed by atoms with Gasteiger partial charge in [0.15, 0.2) is 0 Å². The molecule has 3 heterocycles. The van der Waals surface area contributed by atoms with E-state index in [1.807, 2.05) is 54.1 Å². The molecule has 1 aliphatic heterocycles. The molecule has 158 valence electrons. The summed E-state index contributed by atoms with van der Waals surface area (Å²) in [6, 6.07) is 18.4. The number of para-hydroxylation sites is 1. The van der Waals surface area contributed by atoms with Crippen LogP contribution in [0.15, 0.2) is 77.6 Å². The van der Waals surface area contributed by atoms with Gasteiger partial charge in [0.25, 0.3) is 11.8 Å². The van der Waals surface area contributed by atoms with Crippen LogP contribution in [-0.2, 0) is 18.4 Å². The summed E-state index contributed by atoms with van der Waals surface area (Å²) in [5.41, 5.74) is 4.25. The lowest BCUT2D eigenvalue weighted by molar-refractivity contribution is -0.110. The van der Waals surface area contributed by atoms with Crippen molar-refractivity contribution in [3.63, 3.8) is 0 Å². The van der Waals surface area contributed by atoms with Crippen LogP contribution in [0.2, 0.25) is 0 Å². The van der Waals surface area contributed by atoms with Gasteiger partial charge in [-0.25, -0.2) is 4.98 Å². The topological polar surface area (TPSA) is 89.2 Å². The Bertz CT molecular complexity index is 1360. The molecule has 5 rings (SSSR count). The molecule has 0 saturated heterocycles. The smallest absolute Gasteiger partial charge is 0.256 e. The highest BCUT2D eigenvalue weighted by Crippen LogP contribution is 2.34. The van der Waals surface area contributed by atoms with Gasteiger partial charge in [-0.05, 0) is 30.3 Å². The van der Waals surface area contributed by atoms with Crippen LogP contribution in [-0.4, -0.2) is 21.4 Å². The number of imidazole rings is 1. The Morgan fingerprint density at radius 3 is 2.69 bits per heavy atom. The number of furan rings is 1. The van der Waals surface area contributed by atoms with Gasteiger partial charge in [-0.2, -0.15) is 0 Å². The maximum atomic E-state index is 12.9. The number of carbonyl (C=O) groups is 2. The average Bonchev–Trinajstić information content (AvgIpc) is 3.52. The Balaban J connectivity index is 1.41. The summed E-state index contributed by atoms with van der Waals surface area (Å²) >= 11 is 0. The third-order valence-corrected chi connectivity index (χ3v) is 5.41. The predicted octanol–water partition coefficient (Wildman–Crippen LogP) is 4.10. The van der Waals surface area contributed by atoms with E-state index >= 15 is 0 Å². The number of benzene rings is 2. The van der Waals surface area contributed by atoms with Gasteiger partial charge in [0, 0.05) is 30.1 Å². The van der Waals surface area contributed by atoms with Crippen LogP contribution < -0.4 is 10.6 Å². The zero-order chi connectivity index (χ0) is 22.1. The van der Waals surface area contributed by atoms with Crippen LogP contribution in [0.25, 0.3) is 23.0 Å². The summed E-state index contributed by atoms with van der Waals surface area (Å²) in [6.45, 7) is 0.369. The summed E-state index contributed by atoms with van der Waals surface area (Å²) in [7, 11) is 1.88. The number of rotatable bonds is 5. The van der Waals surface area contributed by atoms with Crippen molar-refractivity contribution in [2.45, 2.75) is 6.54 Å². The van der Waals surface area contributed by atoms with E-state index in [2.05, 4.69) is 15.6 Å². The number of carbonyl (C=O) groups excluding carboxylic acids is 2. The normalized spacial score (nSPS) is 13.8. The Morgan fingerprint density at radius 2 is 1.88 bits per heavy atom.